The Morgan fingerprint density at radius 3 is 2.18 bits per heavy atom. The van der Waals surface area contributed by atoms with Crippen LogP contribution in [0.1, 0.15) is 44.5 Å². The molecule has 0 heterocycles. The number of anilines is 1. The zero-order valence-corrected chi connectivity index (χ0v) is 14.0. The molecule has 0 aromatic heterocycles. The van der Waals surface area contributed by atoms with Crippen LogP contribution in [0, 0.1) is 0 Å². The Balaban J connectivity index is 2.58. The third-order valence-electron chi connectivity index (χ3n) is 3.69. The Morgan fingerprint density at radius 2 is 1.68 bits per heavy atom. The van der Waals surface area contributed by atoms with Gasteiger partial charge >= 0.3 is 0 Å². The molecule has 0 saturated heterocycles. The quantitative estimate of drug-likeness (QED) is 0.775. The molecule has 22 heavy (non-hydrogen) atoms. The van der Waals surface area contributed by atoms with Gasteiger partial charge in [0.2, 0.25) is 5.91 Å². The summed E-state index contributed by atoms with van der Waals surface area (Å²) in [6.45, 7) is 9.70. The SMILES string of the molecule is CCC(C)NCC(=O)Nc1ccc(C(=O)N(CC)CC)cc1. The van der Waals surface area contributed by atoms with Crippen LogP contribution in [0.25, 0.3) is 0 Å². The lowest BCUT2D eigenvalue weighted by Gasteiger charge is -2.18. The number of carbonyl (C=O) groups is 2. The number of benzene rings is 1. The van der Waals surface area contributed by atoms with E-state index in [-0.39, 0.29) is 18.4 Å². The zero-order chi connectivity index (χ0) is 16.5. The van der Waals surface area contributed by atoms with Gasteiger partial charge in [-0.15, -0.1) is 0 Å². The molecule has 1 aromatic rings. The molecule has 0 fully saturated rings. The van der Waals surface area contributed by atoms with E-state index in [9.17, 15) is 9.59 Å². The zero-order valence-electron chi connectivity index (χ0n) is 14.0. The number of nitrogens with one attached hydrogen (secondary N) is 2. The maximum atomic E-state index is 12.2. The minimum atomic E-state index is -0.0804. The van der Waals surface area contributed by atoms with Gasteiger partial charge in [-0.05, 0) is 51.5 Å². The summed E-state index contributed by atoms with van der Waals surface area (Å²) in [4.78, 5) is 25.8. The summed E-state index contributed by atoms with van der Waals surface area (Å²) in [5, 5.41) is 5.96. The fourth-order valence-electron chi connectivity index (χ4n) is 2.01. The minimum Gasteiger partial charge on any atom is -0.339 e. The second-order valence-electron chi connectivity index (χ2n) is 5.29. The van der Waals surface area contributed by atoms with Gasteiger partial charge in [0.05, 0.1) is 6.54 Å². The van der Waals surface area contributed by atoms with Crippen molar-refractivity contribution >= 4 is 17.5 Å². The Labute approximate surface area is 133 Å². The summed E-state index contributed by atoms with van der Waals surface area (Å²) in [6, 6.07) is 7.34. The Bertz CT molecular complexity index is 481. The molecule has 0 aliphatic heterocycles. The smallest absolute Gasteiger partial charge is 0.253 e. The molecule has 0 bridgehead atoms. The Morgan fingerprint density at radius 1 is 1.09 bits per heavy atom. The molecule has 1 rings (SSSR count). The molecule has 1 unspecified atom stereocenters. The number of nitrogens with zero attached hydrogens (tertiary/aromatic N) is 1. The van der Waals surface area contributed by atoms with Crippen LogP contribution in [0.3, 0.4) is 0 Å². The highest BCUT2D eigenvalue weighted by molar-refractivity contribution is 5.96. The van der Waals surface area contributed by atoms with Crippen molar-refractivity contribution in [3.05, 3.63) is 29.8 Å². The second kappa shape index (κ2) is 9.20. The first-order valence-electron chi connectivity index (χ1n) is 7.94. The number of hydrogen-bond acceptors (Lipinski definition) is 3. The van der Waals surface area contributed by atoms with Gasteiger partial charge in [0.1, 0.15) is 0 Å². The molecular formula is C17H27N3O2. The van der Waals surface area contributed by atoms with E-state index in [1.54, 1.807) is 29.2 Å². The monoisotopic (exact) mass is 305 g/mol. The molecular weight excluding hydrogens is 278 g/mol. The summed E-state index contributed by atoms with van der Waals surface area (Å²) >= 11 is 0. The molecule has 2 amide bonds. The van der Waals surface area contributed by atoms with E-state index in [0.29, 0.717) is 30.4 Å². The van der Waals surface area contributed by atoms with Crippen LogP contribution in [-0.4, -0.2) is 42.4 Å². The highest BCUT2D eigenvalue weighted by Gasteiger charge is 2.12. The van der Waals surface area contributed by atoms with Crippen LogP contribution in [0.4, 0.5) is 5.69 Å². The fraction of sp³-hybridized carbons (Fsp3) is 0.529. The molecule has 2 N–H and O–H groups in total. The Kier molecular flexibility index (Phi) is 7.60. The van der Waals surface area contributed by atoms with Gasteiger partial charge in [0, 0.05) is 30.4 Å². The lowest BCUT2D eigenvalue weighted by Crippen LogP contribution is -2.34. The first-order chi connectivity index (χ1) is 10.5. The Hall–Kier alpha value is -1.88. The van der Waals surface area contributed by atoms with Crippen LogP contribution in [0.5, 0.6) is 0 Å². The summed E-state index contributed by atoms with van der Waals surface area (Å²) in [5.74, 6) is -0.0653. The summed E-state index contributed by atoms with van der Waals surface area (Å²) < 4.78 is 0. The van der Waals surface area contributed by atoms with Crippen LogP contribution in [0.2, 0.25) is 0 Å². The van der Waals surface area contributed by atoms with Gasteiger partial charge < -0.3 is 15.5 Å². The van der Waals surface area contributed by atoms with Gasteiger partial charge in [0.15, 0.2) is 0 Å². The molecule has 1 aromatic carbocycles. The van der Waals surface area contributed by atoms with Crippen LogP contribution >= 0.6 is 0 Å². The molecule has 0 saturated carbocycles. The highest BCUT2D eigenvalue weighted by Crippen LogP contribution is 2.11. The molecule has 1 atom stereocenters. The summed E-state index contributed by atoms with van der Waals surface area (Å²) in [5.41, 5.74) is 1.34. The predicted octanol–water partition coefficient (Wildman–Crippen LogP) is 2.50. The normalized spacial score (nSPS) is 11.8. The molecule has 0 radical (unpaired) electrons. The molecule has 122 valence electrons. The van der Waals surface area contributed by atoms with E-state index in [2.05, 4.69) is 17.6 Å². The first-order valence-corrected chi connectivity index (χ1v) is 7.94. The third-order valence-corrected chi connectivity index (χ3v) is 3.69. The van der Waals surface area contributed by atoms with E-state index in [0.717, 1.165) is 6.42 Å². The molecule has 0 aliphatic rings. The largest absolute Gasteiger partial charge is 0.339 e. The van der Waals surface area contributed by atoms with Gasteiger partial charge in [-0.3, -0.25) is 9.59 Å². The lowest BCUT2D eigenvalue weighted by molar-refractivity contribution is -0.115. The lowest BCUT2D eigenvalue weighted by atomic mass is 10.1. The van der Waals surface area contributed by atoms with Crippen molar-refractivity contribution in [2.45, 2.75) is 40.2 Å². The maximum Gasteiger partial charge on any atom is 0.253 e. The van der Waals surface area contributed by atoms with E-state index in [1.807, 2.05) is 20.8 Å². The van der Waals surface area contributed by atoms with Crippen LogP contribution < -0.4 is 10.6 Å². The van der Waals surface area contributed by atoms with E-state index < -0.39 is 0 Å². The predicted molar refractivity (Wildman–Crippen MR) is 90.1 cm³/mol. The molecule has 5 heteroatoms. The van der Waals surface area contributed by atoms with E-state index in [1.165, 1.54) is 0 Å². The molecule has 0 aliphatic carbocycles. The molecule has 5 nitrogen and oxygen atoms in total. The summed E-state index contributed by atoms with van der Waals surface area (Å²) in [7, 11) is 0. The average Bonchev–Trinajstić information content (AvgIpc) is 2.54. The van der Waals surface area contributed by atoms with Gasteiger partial charge in [-0.2, -0.15) is 0 Å². The first kappa shape index (κ1) is 18.2. The van der Waals surface area contributed by atoms with Crippen LogP contribution in [0.15, 0.2) is 24.3 Å². The number of rotatable bonds is 8. The van der Waals surface area contributed by atoms with E-state index in [4.69, 9.17) is 0 Å². The van der Waals surface area contributed by atoms with Crippen molar-refractivity contribution in [3.8, 4) is 0 Å². The number of amides is 2. The van der Waals surface area contributed by atoms with Crippen LogP contribution in [-0.2, 0) is 4.79 Å². The third kappa shape index (κ3) is 5.48. The van der Waals surface area contributed by atoms with Gasteiger partial charge in [-0.1, -0.05) is 6.92 Å². The maximum absolute atomic E-state index is 12.2. The number of carbonyl (C=O) groups excluding carboxylic acids is 2. The fourth-order valence-corrected chi connectivity index (χ4v) is 2.01. The molecule has 0 spiro atoms. The van der Waals surface area contributed by atoms with Crippen molar-refractivity contribution in [2.75, 3.05) is 25.0 Å². The van der Waals surface area contributed by atoms with Gasteiger partial charge in [-0.25, -0.2) is 0 Å². The van der Waals surface area contributed by atoms with Crippen molar-refractivity contribution in [3.63, 3.8) is 0 Å². The van der Waals surface area contributed by atoms with Gasteiger partial charge in [0.25, 0.3) is 5.91 Å². The van der Waals surface area contributed by atoms with Crippen molar-refractivity contribution < 1.29 is 9.59 Å². The van der Waals surface area contributed by atoms with E-state index >= 15 is 0 Å². The van der Waals surface area contributed by atoms with Crippen molar-refractivity contribution in [2.24, 2.45) is 0 Å². The second-order valence-corrected chi connectivity index (χ2v) is 5.29. The summed E-state index contributed by atoms with van der Waals surface area (Å²) in [6.07, 6.45) is 0.982. The number of hydrogen-bond donors (Lipinski definition) is 2. The average molecular weight is 305 g/mol. The highest BCUT2D eigenvalue weighted by atomic mass is 16.2. The standard InChI is InChI=1S/C17H27N3O2/c1-5-13(4)18-12-16(21)19-15-10-8-14(9-11-15)17(22)20(6-2)7-3/h8-11,13,18H,5-7,12H2,1-4H3,(H,19,21). The van der Waals surface area contributed by atoms with Crippen molar-refractivity contribution in [1.29, 1.82) is 0 Å². The topological polar surface area (TPSA) is 61.4 Å². The minimum absolute atomic E-state index is 0.0151. The van der Waals surface area contributed by atoms with Crippen molar-refractivity contribution in [1.82, 2.24) is 10.2 Å².